The van der Waals surface area contributed by atoms with Crippen LogP contribution in [-0.2, 0) is 5.75 Å². The Hall–Kier alpha value is -1.52. The molecule has 25 heavy (non-hydrogen) atoms. The number of amides is 1. The predicted molar refractivity (Wildman–Crippen MR) is 104 cm³/mol. The van der Waals surface area contributed by atoms with E-state index in [4.69, 9.17) is 11.6 Å². The van der Waals surface area contributed by atoms with E-state index >= 15 is 0 Å². The summed E-state index contributed by atoms with van der Waals surface area (Å²) in [6.07, 6.45) is 5.68. The number of pyridine rings is 1. The molecule has 1 saturated heterocycles. The van der Waals surface area contributed by atoms with E-state index in [-0.39, 0.29) is 5.91 Å². The Labute approximate surface area is 158 Å². The average molecular weight is 375 g/mol. The molecule has 1 amide bonds. The molecule has 0 aliphatic carbocycles. The summed E-state index contributed by atoms with van der Waals surface area (Å²) >= 11 is 7.89. The molecule has 2 aromatic rings. The van der Waals surface area contributed by atoms with E-state index in [0.717, 1.165) is 52.7 Å². The van der Waals surface area contributed by atoms with Gasteiger partial charge in [-0.3, -0.25) is 9.78 Å². The maximum absolute atomic E-state index is 12.7. The molecule has 0 saturated carbocycles. The standard InChI is InChI=1S/C20H23ClN2OS/c1-14-5-7-23(8-6-14)20(24)17-9-16(11-22-12-17)13-25-18-4-3-15(2)19(21)10-18/h3-4,9-12,14H,5-8,13H2,1-2H3. The van der Waals surface area contributed by atoms with Crippen LogP contribution >= 0.6 is 23.4 Å². The number of likely N-dealkylation sites (tertiary alicyclic amines) is 1. The van der Waals surface area contributed by atoms with Crippen molar-refractivity contribution >= 4 is 29.3 Å². The smallest absolute Gasteiger partial charge is 0.255 e. The number of aryl methyl sites for hydroxylation is 1. The predicted octanol–water partition coefficient (Wildman–Crippen LogP) is 5.21. The molecule has 0 radical (unpaired) electrons. The van der Waals surface area contributed by atoms with E-state index in [1.165, 1.54) is 0 Å². The molecular weight excluding hydrogens is 352 g/mol. The second kappa shape index (κ2) is 8.24. The third-order valence-corrected chi connectivity index (χ3v) is 6.13. The first kappa shape index (κ1) is 18.3. The van der Waals surface area contributed by atoms with Crippen LogP contribution in [0.2, 0.25) is 5.02 Å². The van der Waals surface area contributed by atoms with E-state index in [0.29, 0.717) is 11.5 Å². The van der Waals surface area contributed by atoms with Crippen molar-refractivity contribution in [2.24, 2.45) is 5.92 Å². The van der Waals surface area contributed by atoms with Crippen molar-refractivity contribution in [3.63, 3.8) is 0 Å². The Kier molecular flexibility index (Phi) is 6.02. The first-order chi connectivity index (χ1) is 12.0. The first-order valence-corrected chi connectivity index (χ1v) is 10.0. The second-order valence-electron chi connectivity index (χ2n) is 6.76. The zero-order valence-corrected chi connectivity index (χ0v) is 16.2. The average Bonchev–Trinajstić information content (AvgIpc) is 2.63. The Bertz CT molecular complexity index is 757. The maximum Gasteiger partial charge on any atom is 0.255 e. The number of rotatable bonds is 4. The topological polar surface area (TPSA) is 33.2 Å². The van der Waals surface area contributed by atoms with Crippen LogP contribution in [0.1, 0.15) is 41.3 Å². The molecule has 0 bridgehead atoms. The summed E-state index contributed by atoms with van der Waals surface area (Å²) in [5.74, 6) is 1.58. The van der Waals surface area contributed by atoms with Crippen molar-refractivity contribution in [1.82, 2.24) is 9.88 Å². The van der Waals surface area contributed by atoms with Crippen LogP contribution in [0.4, 0.5) is 0 Å². The van der Waals surface area contributed by atoms with Crippen LogP contribution in [0.5, 0.6) is 0 Å². The number of hydrogen-bond acceptors (Lipinski definition) is 3. The minimum atomic E-state index is 0.102. The zero-order chi connectivity index (χ0) is 17.8. The third kappa shape index (κ3) is 4.77. The highest BCUT2D eigenvalue weighted by atomic mass is 35.5. The van der Waals surface area contributed by atoms with Crippen molar-refractivity contribution in [2.45, 2.75) is 37.3 Å². The lowest BCUT2D eigenvalue weighted by atomic mass is 9.99. The van der Waals surface area contributed by atoms with Gasteiger partial charge in [0.25, 0.3) is 5.91 Å². The van der Waals surface area contributed by atoms with Gasteiger partial charge < -0.3 is 4.90 Å². The van der Waals surface area contributed by atoms with Gasteiger partial charge in [0.05, 0.1) is 5.56 Å². The molecular formula is C20H23ClN2OS. The summed E-state index contributed by atoms with van der Waals surface area (Å²) in [5.41, 5.74) is 2.82. The number of carbonyl (C=O) groups excluding carboxylic acids is 1. The molecule has 1 aromatic carbocycles. The molecule has 3 rings (SSSR count). The fraction of sp³-hybridized carbons (Fsp3) is 0.400. The second-order valence-corrected chi connectivity index (χ2v) is 8.21. The maximum atomic E-state index is 12.7. The number of aromatic nitrogens is 1. The molecule has 0 N–H and O–H groups in total. The lowest BCUT2D eigenvalue weighted by Gasteiger charge is -2.30. The van der Waals surface area contributed by atoms with Gasteiger partial charge in [-0.1, -0.05) is 24.6 Å². The van der Waals surface area contributed by atoms with Crippen LogP contribution in [0.3, 0.4) is 0 Å². The molecule has 1 fully saturated rings. The molecule has 5 heteroatoms. The van der Waals surface area contributed by atoms with Crippen LogP contribution in [0, 0.1) is 12.8 Å². The van der Waals surface area contributed by atoms with E-state index in [2.05, 4.69) is 18.0 Å². The van der Waals surface area contributed by atoms with E-state index in [1.54, 1.807) is 18.0 Å². The van der Waals surface area contributed by atoms with E-state index in [9.17, 15) is 4.79 Å². The van der Waals surface area contributed by atoms with Gasteiger partial charge in [0, 0.05) is 41.2 Å². The molecule has 0 atom stereocenters. The summed E-state index contributed by atoms with van der Waals surface area (Å²) in [5, 5.41) is 0.784. The minimum Gasteiger partial charge on any atom is -0.339 e. The Morgan fingerprint density at radius 1 is 1.28 bits per heavy atom. The summed E-state index contributed by atoms with van der Waals surface area (Å²) < 4.78 is 0. The lowest BCUT2D eigenvalue weighted by molar-refractivity contribution is 0.0696. The highest BCUT2D eigenvalue weighted by molar-refractivity contribution is 7.98. The monoisotopic (exact) mass is 374 g/mol. The number of halogens is 1. The third-order valence-electron chi connectivity index (χ3n) is 4.66. The largest absolute Gasteiger partial charge is 0.339 e. The summed E-state index contributed by atoms with van der Waals surface area (Å²) in [4.78, 5) is 20.0. The van der Waals surface area contributed by atoms with Crippen LogP contribution < -0.4 is 0 Å². The SMILES string of the molecule is Cc1ccc(SCc2cncc(C(=O)N3CCC(C)CC3)c2)cc1Cl. The van der Waals surface area contributed by atoms with Gasteiger partial charge in [-0.2, -0.15) is 0 Å². The number of piperidine rings is 1. The van der Waals surface area contributed by atoms with Crippen molar-refractivity contribution in [2.75, 3.05) is 13.1 Å². The molecule has 2 heterocycles. The van der Waals surface area contributed by atoms with E-state index < -0.39 is 0 Å². The van der Waals surface area contributed by atoms with Gasteiger partial charge in [-0.25, -0.2) is 0 Å². The molecule has 1 aromatic heterocycles. The Balaban J connectivity index is 1.64. The molecule has 1 aliphatic rings. The number of nitrogens with zero attached hydrogens (tertiary/aromatic N) is 2. The van der Waals surface area contributed by atoms with Gasteiger partial charge in [0.2, 0.25) is 0 Å². The van der Waals surface area contributed by atoms with E-state index in [1.807, 2.05) is 36.2 Å². The van der Waals surface area contributed by atoms with Gasteiger partial charge in [-0.05, 0) is 55.0 Å². The van der Waals surface area contributed by atoms with Crippen molar-refractivity contribution in [1.29, 1.82) is 0 Å². The lowest BCUT2D eigenvalue weighted by Crippen LogP contribution is -2.37. The first-order valence-electron chi connectivity index (χ1n) is 8.65. The van der Waals surface area contributed by atoms with Crippen LogP contribution in [0.25, 0.3) is 0 Å². The summed E-state index contributed by atoms with van der Waals surface area (Å²) in [6.45, 7) is 5.94. The highest BCUT2D eigenvalue weighted by Gasteiger charge is 2.21. The van der Waals surface area contributed by atoms with Crippen molar-refractivity contribution < 1.29 is 4.79 Å². The van der Waals surface area contributed by atoms with Gasteiger partial charge >= 0.3 is 0 Å². The summed E-state index contributed by atoms with van der Waals surface area (Å²) in [7, 11) is 0. The number of benzene rings is 1. The fourth-order valence-corrected chi connectivity index (χ4v) is 4.01. The van der Waals surface area contributed by atoms with Crippen molar-refractivity contribution in [3.8, 4) is 0 Å². The summed E-state index contributed by atoms with van der Waals surface area (Å²) in [6, 6.07) is 8.05. The molecule has 3 nitrogen and oxygen atoms in total. The van der Waals surface area contributed by atoms with Gasteiger partial charge in [-0.15, -0.1) is 11.8 Å². The molecule has 132 valence electrons. The number of thioether (sulfide) groups is 1. The Morgan fingerprint density at radius 3 is 2.76 bits per heavy atom. The fourth-order valence-electron chi connectivity index (χ4n) is 2.91. The molecule has 0 spiro atoms. The highest BCUT2D eigenvalue weighted by Crippen LogP contribution is 2.27. The number of hydrogen-bond donors (Lipinski definition) is 0. The molecule has 1 aliphatic heterocycles. The Morgan fingerprint density at radius 2 is 2.04 bits per heavy atom. The zero-order valence-electron chi connectivity index (χ0n) is 14.7. The number of carbonyl (C=O) groups is 1. The van der Waals surface area contributed by atoms with Crippen molar-refractivity contribution in [3.05, 3.63) is 58.4 Å². The van der Waals surface area contributed by atoms with Crippen LogP contribution in [0.15, 0.2) is 41.6 Å². The quantitative estimate of drug-likeness (QED) is 0.689. The minimum absolute atomic E-state index is 0.102. The molecule has 0 unspecified atom stereocenters. The van der Waals surface area contributed by atoms with Crippen LogP contribution in [-0.4, -0.2) is 28.9 Å². The normalized spacial score (nSPS) is 15.4. The van der Waals surface area contributed by atoms with Gasteiger partial charge in [0.1, 0.15) is 0 Å². The van der Waals surface area contributed by atoms with Gasteiger partial charge in [0.15, 0.2) is 0 Å².